The molecular formula is C30H33N5O2S2. The highest BCUT2D eigenvalue weighted by Crippen LogP contribution is 2.44. The van der Waals surface area contributed by atoms with Crippen LogP contribution >= 0.6 is 12.2 Å². The molecule has 7 nitrogen and oxygen atoms in total. The topological polar surface area (TPSA) is 79.3 Å². The molecule has 9 heteroatoms. The molecule has 5 rings (SSSR count). The van der Waals surface area contributed by atoms with Crippen LogP contribution in [0.5, 0.6) is 0 Å². The second kappa shape index (κ2) is 10.1. The average molecular weight is 560 g/mol. The summed E-state index contributed by atoms with van der Waals surface area (Å²) in [6.07, 6.45) is 2.95. The third kappa shape index (κ3) is 5.16. The zero-order valence-electron chi connectivity index (χ0n) is 23.0. The lowest BCUT2D eigenvalue weighted by Gasteiger charge is -2.29. The lowest BCUT2D eigenvalue weighted by atomic mass is 9.96. The molecule has 0 amide bonds. The van der Waals surface area contributed by atoms with E-state index >= 15 is 0 Å². The number of sulfonamides is 1. The molecular weight excluding hydrogens is 526 g/mol. The second-order valence-electron chi connectivity index (χ2n) is 10.3. The standard InChI is InChI=1S/C30H33N5O2S2/c1-18-10-11-19(2)27(15-18)34-21(4)17-24(22(34)5)29-28(26-9-7-8-14-31-26)32-30(38)35(29)23-12-13-25(20(3)16-23)33-39(6,36)37/h7-17,28-29,33H,1-6H3,(H,32,38)/t28-,29-/m0/s1. The third-order valence-corrected chi connectivity index (χ3v) is 8.18. The van der Waals surface area contributed by atoms with Gasteiger partial charge in [-0.3, -0.25) is 9.71 Å². The lowest BCUT2D eigenvalue weighted by molar-refractivity contribution is 0.565. The number of anilines is 2. The van der Waals surface area contributed by atoms with Crippen LogP contribution in [0.3, 0.4) is 0 Å². The smallest absolute Gasteiger partial charge is 0.229 e. The van der Waals surface area contributed by atoms with Crippen molar-refractivity contribution in [3.8, 4) is 5.69 Å². The Bertz CT molecular complexity index is 1680. The minimum absolute atomic E-state index is 0.175. The normalized spacial score (nSPS) is 17.4. The Morgan fingerprint density at radius 2 is 1.72 bits per heavy atom. The number of aryl methyl sites for hydroxylation is 4. The van der Waals surface area contributed by atoms with Crippen molar-refractivity contribution in [2.45, 2.75) is 46.7 Å². The summed E-state index contributed by atoms with van der Waals surface area (Å²) in [5.74, 6) is 0. The van der Waals surface area contributed by atoms with Gasteiger partial charge in [0.1, 0.15) is 0 Å². The number of benzene rings is 2. The van der Waals surface area contributed by atoms with Crippen molar-refractivity contribution in [2.24, 2.45) is 0 Å². The van der Waals surface area contributed by atoms with E-state index in [1.165, 1.54) is 11.1 Å². The Hall–Kier alpha value is -3.69. The van der Waals surface area contributed by atoms with E-state index in [1.807, 2.05) is 37.3 Å². The summed E-state index contributed by atoms with van der Waals surface area (Å²) in [5, 5.41) is 4.12. The highest BCUT2D eigenvalue weighted by Gasteiger charge is 2.42. The number of pyridine rings is 1. The zero-order valence-corrected chi connectivity index (χ0v) is 24.6. The maximum absolute atomic E-state index is 11.9. The molecule has 4 aromatic rings. The molecule has 39 heavy (non-hydrogen) atoms. The van der Waals surface area contributed by atoms with Gasteiger partial charge in [0.25, 0.3) is 0 Å². The van der Waals surface area contributed by atoms with Gasteiger partial charge in [0.15, 0.2) is 5.11 Å². The molecule has 202 valence electrons. The van der Waals surface area contributed by atoms with Crippen LogP contribution in [-0.2, 0) is 10.0 Å². The second-order valence-corrected chi connectivity index (χ2v) is 12.5. The lowest BCUT2D eigenvalue weighted by Crippen LogP contribution is -2.29. The van der Waals surface area contributed by atoms with Crippen molar-refractivity contribution < 1.29 is 8.42 Å². The minimum Gasteiger partial charge on any atom is -0.351 e. The summed E-state index contributed by atoms with van der Waals surface area (Å²) in [6, 6.07) is 20.0. The van der Waals surface area contributed by atoms with E-state index in [0.29, 0.717) is 10.8 Å². The minimum atomic E-state index is -3.39. The highest BCUT2D eigenvalue weighted by atomic mass is 32.2. The van der Waals surface area contributed by atoms with Crippen LogP contribution in [0.4, 0.5) is 11.4 Å². The molecule has 0 bridgehead atoms. The van der Waals surface area contributed by atoms with E-state index in [9.17, 15) is 8.42 Å². The van der Waals surface area contributed by atoms with Crippen LogP contribution in [0.1, 0.15) is 51.4 Å². The Labute approximate surface area is 235 Å². The molecule has 2 aromatic carbocycles. The van der Waals surface area contributed by atoms with E-state index < -0.39 is 10.0 Å². The van der Waals surface area contributed by atoms with Gasteiger partial charge in [0, 0.05) is 29.0 Å². The van der Waals surface area contributed by atoms with E-state index in [0.717, 1.165) is 45.8 Å². The fourth-order valence-electron chi connectivity index (χ4n) is 5.48. The maximum Gasteiger partial charge on any atom is 0.229 e. The molecule has 0 aliphatic carbocycles. The summed E-state index contributed by atoms with van der Waals surface area (Å²) in [6.45, 7) is 10.4. The van der Waals surface area contributed by atoms with Gasteiger partial charge >= 0.3 is 0 Å². The van der Waals surface area contributed by atoms with Gasteiger partial charge in [0.2, 0.25) is 10.0 Å². The number of nitrogens with zero attached hydrogens (tertiary/aromatic N) is 3. The molecule has 0 unspecified atom stereocenters. The molecule has 3 heterocycles. The van der Waals surface area contributed by atoms with Gasteiger partial charge in [-0.1, -0.05) is 18.2 Å². The molecule has 2 aromatic heterocycles. The number of hydrogen-bond donors (Lipinski definition) is 2. The molecule has 1 aliphatic rings. The van der Waals surface area contributed by atoms with Crippen LogP contribution < -0.4 is 14.9 Å². The molecule has 0 saturated carbocycles. The van der Waals surface area contributed by atoms with E-state index in [1.54, 1.807) is 12.3 Å². The van der Waals surface area contributed by atoms with Gasteiger partial charge in [-0.15, -0.1) is 0 Å². The Kier molecular flexibility index (Phi) is 6.99. The van der Waals surface area contributed by atoms with Gasteiger partial charge in [-0.05, 0) is 112 Å². The number of hydrogen-bond acceptors (Lipinski definition) is 4. The third-order valence-electron chi connectivity index (χ3n) is 7.28. The summed E-state index contributed by atoms with van der Waals surface area (Å²) in [4.78, 5) is 6.81. The number of rotatable bonds is 6. The summed E-state index contributed by atoms with van der Waals surface area (Å²) >= 11 is 5.92. The van der Waals surface area contributed by atoms with Crippen molar-refractivity contribution in [2.75, 3.05) is 15.9 Å². The van der Waals surface area contributed by atoms with E-state index in [2.05, 4.69) is 76.5 Å². The first-order chi connectivity index (χ1) is 18.4. The largest absolute Gasteiger partial charge is 0.351 e. The quantitative estimate of drug-likeness (QED) is 0.284. The highest BCUT2D eigenvalue weighted by molar-refractivity contribution is 7.92. The van der Waals surface area contributed by atoms with Gasteiger partial charge in [0.05, 0.1) is 29.7 Å². The Morgan fingerprint density at radius 1 is 0.949 bits per heavy atom. The van der Waals surface area contributed by atoms with Crippen molar-refractivity contribution in [3.05, 3.63) is 106 Å². The molecule has 1 aliphatic heterocycles. The van der Waals surface area contributed by atoms with E-state index in [-0.39, 0.29) is 12.1 Å². The van der Waals surface area contributed by atoms with E-state index in [4.69, 9.17) is 12.2 Å². The molecule has 0 spiro atoms. The van der Waals surface area contributed by atoms with Crippen molar-refractivity contribution in [1.82, 2.24) is 14.9 Å². The summed E-state index contributed by atoms with van der Waals surface area (Å²) in [7, 11) is -3.39. The first-order valence-corrected chi connectivity index (χ1v) is 15.1. The number of aromatic nitrogens is 2. The number of nitrogens with one attached hydrogen (secondary N) is 2. The molecule has 2 atom stereocenters. The van der Waals surface area contributed by atoms with Crippen molar-refractivity contribution in [1.29, 1.82) is 0 Å². The van der Waals surface area contributed by atoms with Crippen LogP contribution in [-0.4, -0.2) is 29.3 Å². The molecule has 1 saturated heterocycles. The molecule has 1 fully saturated rings. The molecule has 2 N–H and O–H groups in total. The molecule has 0 radical (unpaired) electrons. The van der Waals surface area contributed by atoms with Crippen LogP contribution in [0.25, 0.3) is 5.69 Å². The summed E-state index contributed by atoms with van der Waals surface area (Å²) in [5.41, 5.74) is 10.1. The van der Waals surface area contributed by atoms with Crippen LogP contribution in [0, 0.1) is 34.6 Å². The van der Waals surface area contributed by atoms with Crippen molar-refractivity contribution in [3.63, 3.8) is 0 Å². The first-order valence-electron chi connectivity index (χ1n) is 12.8. The summed E-state index contributed by atoms with van der Waals surface area (Å²) < 4.78 is 28.6. The SMILES string of the molecule is Cc1ccc(C)c(-n2c(C)cc([C@H]3[C@H](c4ccccn4)NC(=S)N3c3ccc(NS(C)(=O)=O)c(C)c3)c2C)c1. The van der Waals surface area contributed by atoms with Crippen LogP contribution in [0.15, 0.2) is 66.9 Å². The van der Waals surface area contributed by atoms with Gasteiger partial charge in [-0.2, -0.15) is 0 Å². The Morgan fingerprint density at radius 3 is 2.38 bits per heavy atom. The van der Waals surface area contributed by atoms with Gasteiger partial charge in [-0.25, -0.2) is 8.42 Å². The fraction of sp³-hybridized carbons (Fsp3) is 0.267. The van der Waals surface area contributed by atoms with Crippen molar-refractivity contribution >= 4 is 38.7 Å². The Balaban J connectivity index is 1.67. The van der Waals surface area contributed by atoms with Gasteiger partial charge < -0.3 is 14.8 Å². The number of thiocarbonyl (C=S) groups is 1. The predicted molar refractivity (Wildman–Crippen MR) is 162 cm³/mol. The fourth-order valence-corrected chi connectivity index (χ4v) is 6.45. The first kappa shape index (κ1) is 26.9. The maximum atomic E-state index is 11.9. The predicted octanol–water partition coefficient (Wildman–Crippen LogP) is 5.96. The van der Waals surface area contributed by atoms with Crippen LogP contribution in [0.2, 0.25) is 0 Å². The average Bonchev–Trinajstić information content (AvgIpc) is 3.37. The monoisotopic (exact) mass is 559 g/mol. The zero-order chi connectivity index (χ0) is 28.1.